The van der Waals surface area contributed by atoms with Gasteiger partial charge in [-0.3, -0.25) is 13.9 Å². The normalized spacial score (nSPS) is 14.7. The number of benzene rings is 3. The molecular weight excluding hydrogens is 502 g/mol. The first-order valence-electron chi connectivity index (χ1n) is 12.8. The van der Waals surface area contributed by atoms with Crippen molar-refractivity contribution in [2.24, 2.45) is 0 Å². The molecule has 0 bridgehead atoms. The molecule has 1 heterocycles. The highest BCUT2D eigenvalue weighted by atomic mass is 32.2. The number of sulfonamides is 1. The summed E-state index contributed by atoms with van der Waals surface area (Å²) in [6.45, 7) is 2.89. The van der Waals surface area contributed by atoms with Crippen molar-refractivity contribution in [3.8, 4) is 11.5 Å². The Bertz CT molecular complexity index is 1350. The van der Waals surface area contributed by atoms with Crippen LogP contribution in [0.3, 0.4) is 0 Å². The average Bonchev–Trinajstić information content (AvgIpc) is 3.19. The van der Waals surface area contributed by atoms with Gasteiger partial charge >= 0.3 is 0 Å². The summed E-state index contributed by atoms with van der Waals surface area (Å²) in [5.41, 5.74) is 1.08. The Balaban J connectivity index is 1.52. The van der Waals surface area contributed by atoms with Crippen LogP contribution in [0.4, 0.5) is 11.4 Å². The lowest BCUT2D eigenvalue weighted by molar-refractivity contribution is -0.116. The van der Waals surface area contributed by atoms with Crippen LogP contribution < -0.4 is 14.4 Å². The van der Waals surface area contributed by atoms with Gasteiger partial charge in [-0.1, -0.05) is 43.2 Å². The number of carbonyl (C=O) groups is 2. The minimum atomic E-state index is -3.82. The monoisotopic (exact) mass is 535 g/mol. The van der Waals surface area contributed by atoms with Crippen LogP contribution in [0.25, 0.3) is 0 Å². The lowest BCUT2D eigenvalue weighted by Gasteiger charge is -2.29. The van der Waals surface area contributed by atoms with E-state index < -0.39 is 22.0 Å². The molecule has 1 aliphatic heterocycles. The molecule has 1 N–H and O–H groups in total. The smallest absolute Gasteiger partial charge is 0.255 e. The zero-order chi connectivity index (χ0) is 27.1. The first kappa shape index (κ1) is 27.2. The molecule has 8 nitrogen and oxygen atoms in total. The number of amides is 2. The van der Waals surface area contributed by atoms with Crippen LogP contribution in [0.15, 0.2) is 78.9 Å². The fraction of sp³-hybridized carbons (Fsp3) is 0.310. The van der Waals surface area contributed by atoms with Crippen molar-refractivity contribution in [2.45, 2.75) is 38.6 Å². The molecule has 0 radical (unpaired) electrons. The Morgan fingerprint density at radius 2 is 1.42 bits per heavy atom. The predicted molar refractivity (Wildman–Crippen MR) is 149 cm³/mol. The van der Waals surface area contributed by atoms with Crippen LogP contribution in [-0.2, 0) is 14.8 Å². The average molecular weight is 536 g/mol. The summed E-state index contributed by atoms with van der Waals surface area (Å²) in [6, 6.07) is 21.5. The van der Waals surface area contributed by atoms with E-state index in [0.29, 0.717) is 41.5 Å². The molecular formula is C29H33N3O5S. The van der Waals surface area contributed by atoms with Crippen LogP contribution >= 0.6 is 0 Å². The van der Waals surface area contributed by atoms with Crippen LogP contribution in [0.5, 0.6) is 11.5 Å². The number of nitrogens with one attached hydrogen (secondary N) is 1. The number of ether oxygens (including phenoxy) is 1. The summed E-state index contributed by atoms with van der Waals surface area (Å²) >= 11 is 0. The summed E-state index contributed by atoms with van der Waals surface area (Å²) in [6.07, 6.45) is 5.16. The van der Waals surface area contributed by atoms with Crippen LogP contribution in [0.1, 0.15) is 43.0 Å². The van der Waals surface area contributed by atoms with Gasteiger partial charge in [0.25, 0.3) is 5.91 Å². The van der Waals surface area contributed by atoms with Gasteiger partial charge in [0.15, 0.2) is 0 Å². The van der Waals surface area contributed by atoms with E-state index in [9.17, 15) is 18.0 Å². The second kappa shape index (κ2) is 12.1. The Hall–Kier alpha value is -3.85. The molecule has 0 aliphatic carbocycles. The predicted octanol–water partition coefficient (Wildman–Crippen LogP) is 5.29. The van der Waals surface area contributed by atoms with Gasteiger partial charge in [0, 0.05) is 13.1 Å². The SMILES string of the molecule is C[C@@H](C(=O)Nc1ccccc1C(=O)N1CCCCCC1)N(c1ccc(Oc2ccccc2)cc1)S(C)(=O)=O. The van der Waals surface area contributed by atoms with E-state index in [-0.39, 0.29) is 5.91 Å². The van der Waals surface area contributed by atoms with E-state index >= 15 is 0 Å². The van der Waals surface area contributed by atoms with Gasteiger partial charge in [-0.2, -0.15) is 0 Å². The molecule has 1 saturated heterocycles. The van der Waals surface area contributed by atoms with E-state index in [4.69, 9.17) is 4.74 Å². The number of para-hydroxylation sites is 2. The minimum Gasteiger partial charge on any atom is -0.457 e. The third kappa shape index (κ3) is 6.72. The van der Waals surface area contributed by atoms with E-state index in [1.807, 2.05) is 35.2 Å². The van der Waals surface area contributed by atoms with E-state index in [1.54, 1.807) is 48.5 Å². The van der Waals surface area contributed by atoms with E-state index in [0.717, 1.165) is 36.2 Å². The molecule has 0 spiro atoms. The fourth-order valence-corrected chi connectivity index (χ4v) is 5.73. The highest BCUT2D eigenvalue weighted by Gasteiger charge is 2.30. The van der Waals surface area contributed by atoms with Crippen LogP contribution in [-0.4, -0.2) is 50.5 Å². The molecule has 3 aromatic rings. The fourth-order valence-electron chi connectivity index (χ4n) is 4.55. The summed E-state index contributed by atoms with van der Waals surface area (Å²) in [5, 5.41) is 2.80. The maximum atomic E-state index is 13.3. The molecule has 38 heavy (non-hydrogen) atoms. The first-order chi connectivity index (χ1) is 18.2. The van der Waals surface area contributed by atoms with Gasteiger partial charge in [0.05, 0.1) is 23.2 Å². The van der Waals surface area contributed by atoms with Crippen molar-refractivity contribution in [1.82, 2.24) is 4.90 Å². The number of likely N-dealkylation sites (tertiary alicyclic amines) is 1. The summed E-state index contributed by atoms with van der Waals surface area (Å²) in [5.74, 6) is 0.508. The second-order valence-corrected chi connectivity index (χ2v) is 11.2. The van der Waals surface area contributed by atoms with Crippen molar-refractivity contribution in [3.63, 3.8) is 0 Å². The summed E-state index contributed by atoms with van der Waals surface area (Å²) in [4.78, 5) is 28.4. The molecule has 0 unspecified atom stereocenters. The molecule has 1 atom stereocenters. The van der Waals surface area contributed by atoms with Gasteiger partial charge in [-0.15, -0.1) is 0 Å². The van der Waals surface area contributed by atoms with E-state index in [2.05, 4.69) is 5.32 Å². The standard InChI is InChI=1S/C29H33N3O5S/c1-22(28(33)30-27-15-9-8-14-26(27)29(34)31-20-10-3-4-11-21-31)32(38(2,35)36)23-16-18-25(19-17-23)37-24-12-6-5-7-13-24/h5-9,12-19,22H,3-4,10-11,20-21H2,1-2H3,(H,30,33)/t22-/m0/s1. The van der Waals surface area contributed by atoms with Crippen LogP contribution in [0.2, 0.25) is 0 Å². The lowest BCUT2D eigenvalue weighted by atomic mass is 10.1. The topological polar surface area (TPSA) is 96.0 Å². The zero-order valence-electron chi connectivity index (χ0n) is 21.7. The van der Waals surface area contributed by atoms with Crippen LogP contribution in [0, 0.1) is 0 Å². The molecule has 4 rings (SSSR count). The molecule has 0 aromatic heterocycles. The first-order valence-corrected chi connectivity index (χ1v) is 14.6. The summed E-state index contributed by atoms with van der Waals surface area (Å²) < 4.78 is 32.4. The largest absolute Gasteiger partial charge is 0.457 e. The number of rotatable bonds is 8. The molecule has 9 heteroatoms. The number of anilines is 2. The maximum absolute atomic E-state index is 13.3. The molecule has 2 amide bonds. The molecule has 1 aliphatic rings. The van der Waals surface area contributed by atoms with Crippen molar-refractivity contribution in [3.05, 3.63) is 84.4 Å². The Morgan fingerprint density at radius 1 is 0.842 bits per heavy atom. The summed E-state index contributed by atoms with van der Waals surface area (Å²) in [7, 11) is -3.82. The third-order valence-corrected chi connectivity index (χ3v) is 7.71. The Kier molecular flexibility index (Phi) is 8.68. The highest BCUT2D eigenvalue weighted by Crippen LogP contribution is 2.28. The van der Waals surface area contributed by atoms with Gasteiger partial charge < -0.3 is 15.0 Å². The molecule has 0 saturated carbocycles. The molecule has 1 fully saturated rings. The van der Waals surface area contributed by atoms with Crippen molar-refractivity contribution in [1.29, 1.82) is 0 Å². The van der Waals surface area contributed by atoms with Crippen molar-refractivity contribution >= 4 is 33.2 Å². The highest BCUT2D eigenvalue weighted by molar-refractivity contribution is 7.92. The van der Waals surface area contributed by atoms with Crippen molar-refractivity contribution < 1.29 is 22.7 Å². The van der Waals surface area contributed by atoms with Gasteiger partial charge in [0.1, 0.15) is 17.5 Å². The third-order valence-electron chi connectivity index (χ3n) is 6.47. The number of hydrogen-bond acceptors (Lipinski definition) is 5. The number of hydrogen-bond donors (Lipinski definition) is 1. The maximum Gasteiger partial charge on any atom is 0.255 e. The quantitative estimate of drug-likeness (QED) is 0.423. The van der Waals surface area contributed by atoms with Gasteiger partial charge in [-0.25, -0.2) is 8.42 Å². The Labute approximate surface area is 224 Å². The molecule has 200 valence electrons. The number of carbonyl (C=O) groups excluding carboxylic acids is 2. The van der Waals surface area contributed by atoms with Gasteiger partial charge in [-0.05, 0) is 68.3 Å². The molecule has 3 aromatic carbocycles. The Morgan fingerprint density at radius 3 is 2.05 bits per heavy atom. The van der Waals surface area contributed by atoms with E-state index in [1.165, 1.54) is 6.92 Å². The number of nitrogens with zero attached hydrogens (tertiary/aromatic N) is 2. The zero-order valence-corrected chi connectivity index (χ0v) is 22.5. The van der Waals surface area contributed by atoms with Gasteiger partial charge in [0.2, 0.25) is 15.9 Å². The minimum absolute atomic E-state index is 0.135. The lowest BCUT2D eigenvalue weighted by Crippen LogP contribution is -2.45. The second-order valence-electron chi connectivity index (χ2n) is 9.39. The van der Waals surface area contributed by atoms with Crippen molar-refractivity contribution in [2.75, 3.05) is 29.0 Å².